The van der Waals surface area contributed by atoms with E-state index >= 15 is 0 Å². The third-order valence-electron chi connectivity index (χ3n) is 6.32. The van der Waals surface area contributed by atoms with Crippen molar-refractivity contribution in [1.82, 2.24) is 9.29 Å². The minimum Gasteiger partial charge on any atom is -0.416 e. The lowest BCUT2D eigenvalue weighted by Crippen LogP contribution is -2.41. The fourth-order valence-corrected chi connectivity index (χ4v) is 6.92. The molecular formula is C24H31ClN2O4S2Si. The molecule has 0 radical (unpaired) electrons. The van der Waals surface area contributed by atoms with Gasteiger partial charge in [-0.25, -0.2) is 8.42 Å². The minimum absolute atomic E-state index is 0.0948. The van der Waals surface area contributed by atoms with Crippen LogP contribution in [0.1, 0.15) is 32.4 Å². The topological polar surface area (TPSA) is 76.6 Å². The molecule has 1 aromatic heterocycles. The summed E-state index contributed by atoms with van der Waals surface area (Å²) in [7, 11) is -5.76. The van der Waals surface area contributed by atoms with Crippen LogP contribution in [0.15, 0.2) is 65.3 Å². The van der Waals surface area contributed by atoms with Crippen LogP contribution in [0.5, 0.6) is 0 Å². The molecule has 0 fully saturated rings. The smallest absolute Gasteiger partial charge is 0.244 e. The molecule has 1 aromatic carbocycles. The number of pyridine rings is 1. The molecule has 1 unspecified atom stereocenters. The van der Waals surface area contributed by atoms with E-state index in [4.69, 9.17) is 16.0 Å². The van der Waals surface area contributed by atoms with Crippen LogP contribution < -0.4 is 0 Å². The van der Waals surface area contributed by atoms with Gasteiger partial charge in [0.05, 0.1) is 10.9 Å². The number of halogens is 1. The van der Waals surface area contributed by atoms with Gasteiger partial charge in [0, 0.05) is 41.9 Å². The van der Waals surface area contributed by atoms with Crippen molar-refractivity contribution in [3.8, 4) is 0 Å². The summed E-state index contributed by atoms with van der Waals surface area (Å²) >= 11 is 7.11. The maximum absolute atomic E-state index is 13.5. The molecule has 34 heavy (non-hydrogen) atoms. The summed E-state index contributed by atoms with van der Waals surface area (Å²) in [4.78, 5) is 17.5. The number of nitrogens with zero attached hydrogens (tertiary/aromatic N) is 2. The molecule has 1 aliphatic rings. The second kappa shape index (κ2) is 10.6. The Morgan fingerprint density at radius 3 is 2.50 bits per heavy atom. The Morgan fingerprint density at radius 2 is 1.91 bits per heavy atom. The molecule has 0 bridgehead atoms. The van der Waals surface area contributed by atoms with E-state index in [0.717, 1.165) is 11.8 Å². The third kappa shape index (κ3) is 6.00. The van der Waals surface area contributed by atoms with Gasteiger partial charge >= 0.3 is 0 Å². The summed E-state index contributed by atoms with van der Waals surface area (Å²) in [6.45, 7) is 11.5. The van der Waals surface area contributed by atoms with Crippen LogP contribution in [0.2, 0.25) is 23.2 Å². The number of benzene rings is 1. The van der Waals surface area contributed by atoms with Gasteiger partial charge < -0.3 is 4.43 Å². The van der Waals surface area contributed by atoms with E-state index in [1.54, 1.807) is 42.7 Å². The zero-order valence-corrected chi connectivity index (χ0v) is 23.5. The maximum Gasteiger partial charge on any atom is 0.244 e. The number of carbonyl (C=O) groups is 1. The molecule has 1 atom stereocenters. The molecule has 2 aromatic rings. The molecule has 184 valence electrons. The van der Waals surface area contributed by atoms with Gasteiger partial charge in [-0.2, -0.15) is 4.31 Å². The van der Waals surface area contributed by atoms with Crippen LogP contribution in [0.4, 0.5) is 0 Å². The van der Waals surface area contributed by atoms with Gasteiger partial charge in [0.15, 0.2) is 8.32 Å². The molecule has 0 N–H and O–H groups in total. The molecule has 0 saturated carbocycles. The summed E-state index contributed by atoms with van der Waals surface area (Å²) in [6.07, 6.45) is 4.93. The third-order valence-corrected chi connectivity index (χ3v) is 13.8. The molecule has 6 nitrogen and oxygen atoms in total. The van der Waals surface area contributed by atoms with E-state index < -0.39 is 24.4 Å². The van der Waals surface area contributed by atoms with Crippen molar-refractivity contribution in [1.29, 1.82) is 0 Å². The largest absolute Gasteiger partial charge is 0.416 e. The van der Waals surface area contributed by atoms with Crippen LogP contribution in [0.3, 0.4) is 0 Å². The summed E-state index contributed by atoms with van der Waals surface area (Å²) in [5.74, 6) is 0.506. The van der Waals surface area contributed by atoms with Gasteiger partial charge in [0.25, 0.3) is 0 Å². The van der Waals surface area contributed by atoms with Gasteiger partial charge in [0.2, 0.25) is 15.1 Å². The Bertz CT molecular complexity index is 1150. The number of thioether (sulfide) groups is 1. The molecular weight excluding hydrogens is 508 g/mol. The number of sulfonamides is 1. The Balaban J connectivity index is 1.78. The van der Waals surface area contributed by atoms with Crippen molar-refractivity contribution < 1.29 is 17.6 Å². The summed E-state index contributed by atoms with van der Waals surface area (Å²) in [6, 6.07) is 8.83. The predicted octanol–water partition coefficient (Wildman–Crippen LogP) is 5.69. The molecule has 10 heteroatoms. The fraction of sp³-hybridized carbons (Fsp3) is 0.417. The molecule has 2 heterocycles. The van der Waals surface area contributed by atoms with E-state index in [1.807, 2.05) is 0 Å². The zero-order chi connectivity index (χ0) is 25.1. The lowest BCUT2D eigenvalue weighted by atomic mass is 10.0. The fourth-order valence-electron chi connectivity index (χ4n) is 3.35. The standard InChI is InChI=1S/C24H31ClN2O4S2Si/c1-24(2,3)34(4,5)31-15-16-32-23(28)21-12-14-27(22(21)18-7-6-13-26-17-18)33(29,30)20-10-8-19(25)9-11-20/h6-13,17,22H,14-16H2,1-5H3. The number of carbonyl (C=O) groups excluding carboxylic acids is 1. The summed E-state index contributed by atoms with van der Waals surface area (Å²) in [5, 5.41) is 0.397. The highest BCUT2D eigenvalue weighted by atomic mass is 35.5. The van der Waals surface area contributed by atoms with Crippen molar-refractivity contribution in [3.63, 3.8) is 0 Å². The van der Waals surface area contributed by atoms with Gasteiger partial charge in [-0.15, -0.1) is 0 Å². The lowest BCUT2D eigenvalue weighted by molar-refractivity contribution is -0.108. The first-order chi connectivity index (χ1) is 15.8. The molecule has 0 aliphatic carbocycles. The van der Waals surface area contributed by atoms with Crippen molar-refractivity contribution in [2.75, 3.05) is 18.9 Å². The van der Waals surface area contributed by atoms with Crippen LogP contribution in [0.25, 0.3) is 0 Å². The van der Waals surface area contributed by atoms with E-state index in [2.05, 4.69) is 38.8 Å². The van der Waals surface area contributed by atoms with E-state index in [1.165, 1.54) is 16.4 Å². The second-order valence-electron chi connectivity index (χ2n) is 9.62. The Hall–Kier alpha value is -1.49. The van der Waals surface area contributed by atoms with Crippen LogP contribution in [-0.2, 0) is 19.2 Å². The minimum atomic E-state index is -3.87. The van der Waals surface area contributed by atoms with Gasteiger partial charge in [0.1, 0.15) is 0 Å². The number of hydrogen-bond donors (Lipinski definition) is 0. The van der Waals surface area contributed by atoms with Crippen molar-refractivity contribution in [2.24, 2.45) is 0 Å². The maximum atomic E-state index is 13.5. The first-order valence-corrected chi connectivity index (χ1v) is 16.7. The average molecular weight is 539 g/mol. The monoisotopic (exact) mass is 538 g/mol. The predicted molar refractivity (Wildman–Crippen MR) is 141 cm³/mol. The Kier molecular flexibility index (Phi) is 8.48. The molecule has 3 rings (SSSR count). The number of aromatic nitrogens is 1. The summed E-state index contributed by atoms with van der Waals surface area (Å²) < 4.78 is 34.4. The molecule has 0 amide bonds. The Morgan fingerprint density at radius 1 is 1.24 bits per heavy atom. The quantitative estimate of drug-likeness (QED) is 0.317. The van der Waals surface area contributed by atoms with Crippen molar-refractivity contribution >= 4 is 46.8 Å². The van der Waals surface area contributed by atoms with Crippen LogP contribution in [-0.4, -0.2) is 50.0 Å². The zero-order valence-electron chi connectivity index (χ0n) is 20.1. The van der Waals surface area contributed by atoms with Gasteiger partial charge in [-0.3, -0.25) is 9.78 Å². The van der Waals surface area contributed by atoms with E-state index in [-0.39, 0.29) is 21.6 Å². The highest BCUT2D eigenvalue weighted by molar-refractivity contribution is 8.14. The second-order valence-corrected chi connectivity index (χ2v) is 17.8. The summed E-state index contributed by atoms with van der Waals surface area (Å²) in [5.41, 5.74) is 1.10. The lowest BCUT2D eigenvalue weighted by Gasteiger charge is -2.36. The van der Waals surface area contributed by atoms with E-state index in [9.17, 15) is 13.2 Å². The number of hydrogen-bond acceptors (Lipinski definition) is 6. The SMILES string of the molecule is CC(C)(C)[Si](C)(C)OCCSC(=O)C1=CCN(S(=O)(=O)c2ccc(Cl)cc2)C1c1cccnc1. The molecule has 0 saturated heterocycles. The highest BCUT2D eigenvalue weighted by Crippen LogP contribution is 2.40. The Labute approximate surface area is 212 Å². The number of rotatable bonds is 8. The molecule has 1 aliphatic heterocycles. The molecule has 0 spiro atoms. The van der Waals surface area contributed by atoms with Gasteiger partial charge in [-0.05, 0) is 54.0 Å². The first kappa shape index (κ1) is 27.1. The van der Waals surface area contributed by atoms with Crippen molar-refractivity contribution in [3.05, 3.63) is 71.0 Å². The van der Waals surface area contributed by atoms with Crippen LogP contribution >= 0.6 is 23.4 Å². The highest BCUT2D eigenvalue weighted by Gasteiger charge is 2.41. The van der Waals surface area contributed by atoms with Crippen molar-refractivity contribution in [2.45, 2.75) is 49.8 Å². The first-order valence-electron chi connectivity index (χ1n) is 11.0. The van der Waals surface area contributed by atoms with Crippen LogP contribution in [0, 0.1) is 0 Å². The van der Waals surface area contributed by atoms with Gasteiger partial charge in [-0.1, -0.05) is 56.3 Å². The van der Waals surface area contributed by atoms with E-state index in [0.29, 0.717) is 28.5 Å². The normalized spacial score (nSPS) is 17.6. The average Bonchev–Trinajstić information content (AvgIpc) is 3.23.